The van der Waals surface area contributed by atoms with Crippen LogP contribution in [-0.2, 0) is 12.2 Å². The Morgan fingerprint density at radius 2 is 2.28 bits per heavy atom. The number of fused-ring (bicyclic) bond motifs is 2. The van der Waals surface area contributed by atoms with E-state index >= 15 is 0 Å². The third kappa shape index (κ3) is 1.85. The van der Waals surface area contributed by atoms with Gasteiger partial charge in [-0.15, -0.1) is 0 Å². The van der Waals surface area contributed by atoms with E-state index < -0.39 is 5.97 Å². The zero-order chi connectivity index (χ0) is 12.7. The van der Waals surface area contributed by atoms with Gasteiger partial charge < -0.3 is 5.11 Å². The largest absolute Gasteiger partial charge is 0.478 e. The summed E-state index contributed by atoms with van der Waals surface area (Å²) < 4.78 is 0. The van der Waals surface area contributed by atoms with E-state index in [1.165, 1.54) is 0 Å². The van der Waals surface area contributed by atoms with E-state index in [2.05, 4.69) is 4.98 Å². The molecule has 2 aromatic rings. The van der Waals surface area contributed by atoms with Gasteiger partial charge in [0.2, 0.25) is 0 Å². The highest BCUT2D eigenvalue weighted by atomic mass is 35.5. The lowest BCUT2D eigenvalue weighted by Gasteiger charge is -2.18. The summed E-state index contributed by atoms with van der Waals surface area (Å²) in [6.07, 6.45) is 0.832. The van der Waals surface area contributed by atoms with Gasteiger partial charge in [-0.1, -0.05) is 11.6 Å². The van der Waals surface area contributed by atoms with Crippen molar-refractivity contribution >= 4 is 40.2 Å². The first-order valence-corrected chi connectivity index (χ1v) is 7.12. The molecule has 0 radical (unpaired) electrons. The van der Waals surface area contributed by atoms with Crippen LogP contribution in [0.4, 0.5) is 0 Å². The van der Waals surface area contributed by atoms with Gasteiger partial charge in [0, 0.05) is 21.9 Å². The number of rotatable bonds is 1. The molecule has 0 atom stereocenters. The Hall–Kier alpha value is -1.26. The van der Waals surface area contributed by atoms with Gasteiger partial charge in [-0.05, 0) is 35.9 Å². The minimum Gasteiger partial charge on any atom is -0.478 e. The van der Waals surface area contributed by atoms with Crippen LogP contribution in [0.5, 0.6) is 0 Å². The Kier molecular flexibility index (Phi) is 2.92. The van der Waals surface area contributed by atoms with Crippen molar-refractivity contribution in [3.05, 3.63) is 40.0 Å². The minimum absolute atomic E-state index is 0.365. The number of benzene rings is 1. The van der Waals surface area contributed by atoms with Gasteiger partial charge in [0.15, 0.2) is 0 Å². The molecule has 0 saturated heterocycles. The molecule has 1 aromatic carbocycles. The standard InChI is InChI=1S/C13H10ClNO2S/c14-7-1-2-10-8(5-7)12(13(16)17)9-6-18-4-3-11(9)15-10/h1-2,5H,3-4,6H2,(H,16,17). The summed E-state index contributed by atoms with van der Waals surface area (Å²) in [7, 11) is 0. The third-order valence-electron chi connectivity index (χ3n) is 3.08. The Morgan fingerprint density at radius 3 is 3.06 bits per heavy atom. The van der Waals surface area contributed by atoms with E-state index in [0.717, 1.165) is 23.4 Å². The van der Waals surface area contributed by atoms with E-state index in [4.69, 9.17) is 11.6 Å². The molecule has 5 heteroatoms. The summed E-state index contributed by atoms with van der Waals surface area (Å²) in [5, 5.41) is 10.6. The lowest BCUT2D eigenvalue weighted by molar-refractivity contribution is 0.0698. The maximum atomic E-state index is 11.5. The van der Waals surface area contributed by atoms with Crippen LogP contribution < -0.4 is 0 Å². The number of hydrogen-bond donors (Lipinski definition) is 1. The molecule has 0 unspecified atom stereocenters. The second kappa shape index (κ2) is 4.44. The van der Waals surface area contributed by atoms with Crippen molar-refractivity contribution in [3.8, 4) is 0 Å². The maximum Gasteiger partial charge on any atom is 0.336 e. The molecule has 0 spiro atoms. The van der Waals surface area contributed by atoms with E-state index in [-0.39, 0.29) is 0 Å². The van der Waals surface area contributed by atoms with Crippen LogP contribution in [0.3, 0.4) is 0 Å². The van der Waals surface area contributed by atoms with Crippen molar-refractivity contribution in [2.75, 3.05) is 5.75 Å². The predicted molar refractivity (Wildman–Crippen MR) is 73.6 cm³/mol. The molecule has 0 bridgehead atoms. The molecule has 1 N–H and O–H groups in total. The van der Waals surface area contributed by atoms with Crippen molar-refractivity contribution < 1.29 is 9.90 Å². The molecule has 1 aliphatic rings. The number of nitrogens with zero attached hydrogens (tertiary/aromatic N) is 1. The molecule has 1 aromatic heterocycles. The number of pyridine rings is 1. The number of aryl methyl sites for hydroxylation is 1. The van der Waals surface area contributed by atoms with E-state index in [1.807, 2.05) is 0 Å². The normalized spacial score (nSPS) is 14.5. The number of thioether (sulfide) groups is 1. The summed E-state index contributed by atoms with van der Waals surface area (Å²) in [5.74, 6) is 0.813. The molecule has 2 heterocycles. The first kappa shape index (κ1) is 11.8. The smallest absolute Gasteiger partial charge is 0.336 e. The second-order valence-corrected chi connectivity index (χ2v) is 5.72. The lowest BCUT2D eigenvalue weighted by atomic mass is 10.00. The van der Waals surface area contributed by atoms with E-state index in [1.54, 1.807) is 30.0 Å². The summed E-state index contributed by atoms with van der Waals surface area (Å²) >= 11 is 7.70. The average Bonchev–Trinajstić information content (AvgIpc) is 2.35. The Morgan fingerprint density at radius 1 is 1.44 bits per heavy atom. The number of aromatic carboxylic acids is 1. The number of hydrogen-bond acceptors (Lipinski definition) is 3. The van der Waals surface area contributed by atoms with Crippen molar-refractivity contribution in [2.45, 2.75) is 12.2 Å². The lowest BCUT2D eigenvalue weighted by Crippen LogP contribution is -2.13. The quantitative estimate of drug-likeness (QED) is 0.869. The Balaban J connectivity index is 2.41. The van der Waals surface area contributed by atoms with Crippen molar-refractivity contribution in [1.82, 2.24) is 4.98 Å². The van der Waals surface area contributed by atoms with Gasteiger partial charge in [-0.3, -0.25) is 4.98 Å². The fourth-order valence-corrected chi connectivity index (χ4v) is 3.44. The van der Waals surface area contributed by atoms with Crippen molar-refractivity contribution in [2.24, 2.45) is 0 Å². The zero-order valence-corrected chi connectivity index (χ0v) is 11.0. The number of carboxylic acids is 1. The fraction of sp³-hybridized carbons (Fsp3) is 0.231. The van der Waals surface area contributed by atoms with Crippen molar-refractivity contribution in [3.63, 3.8) is 0 Å². The Bertz CT molecular complexity index is 657. The highest BCUT2D eigenvalue weighted by Gasteiger charge is 2.22. The topological polar surface area (TPSA) is 50.2 Å². The Labute approximate surface area is 113 Å². The highest BCUT2D eigenvalue weighted by Crippen LogP contribution is 2.32. The third-order valence-corrected chi connectivity index (χ3v) is 4.30. The van der Waals surface area contributed by atoms with E-state index in [0.29, 0.717) is 27.2 Å². The summed E-state index contributed by atoms with van der Waals surface area (Å²) in [5.41, 5.74) is 2.85. The number of aromatic nitrogens is 1. The number of carbonyl (C=O) groups is 1. The van der Waals surface area contributed by atoms with E-state index in [9.17, 15) is 9.90 Å². The van der Waals surface area contributed by atoms with Crippen LogP contribution in [0.25, 0.3) is 10.9 Å². The first-order valence-electron chi connectivity index (χ1n) is 5.59. The van der Waals surface area contributed by atoms with Gasteiger partial charge >= 0.3 is 5.97 Å². The van der Waals surface area contributed by atoms with Crippen molar-refractivity contribution in [1.29, 1.82) is 0 Å². The SMILES string of the molecule is O=C(O)c1c2c(nc3ccc(Cl)cc13)CCSC2. The number of carboxylic acid groups (broad SMARTS) is 1. The van der Waals surface area contributed by atoms with Gasteiger partial charge in [0.05, 0.1) is 11.1 Å². The molecule has 18 heavy (non-hydrogen) atoms. The second-order valence-electron chi connectivity index (χ2n) is 4.18. The molecule has 1 aliphatic heterocycles. The zero-order valence-electron chi connectivity index (χ0n) is 9.44. The summed E-state index contributed by atoms with van der Waals surface area (Å²) in [6, 6.07) is 5.21. The number of halogens is 1. The van der Waals surface area contributed by atoms with Gasteiger partial charge in [-0.25, -0.2) is 4.79 Å². The molecular weight excluding hydrogens is 270 g/mol. The predicted octanol–water partition coefficient (Wildman–Crippen LogP) is 3.38. The minimum atomic E-state index is -0.900. The van der Waals surface area contributed by atoms with Crippen LogP contribution in [0.2, 0.25) is 5.02 Å². The molecule has 0 saturated carbocycles. The maximum absolute atomic E-state index is 11.5. The van der Waals surface area contributed by atoms with Gasteiger partial charge in [0.25, 0.3) is 0 Å². The van der Waals surface area contributed by atoms with Crippen LogP contribution >= 0.6 is 23.4 Å². The van der Waals surface area contributed by atoms with Crippen LogP contribution in [0, 0.1) is 0 Å². The molecule has 0 amide bonds. The molecular formula is C13H10ClNO2S. The molecule has 3 rings (SSSR count). The van der Waals surface area contributed by atoms with Crippen LogP contribution in [-0.4, -0.2) is 21.8 Å². The summed E-state index contributed by atoms with van der Waals surface area (Å²) in [4.78, 5) is 16.1. The van der Waals surface area contributed by atoms with Crippen LogP contribution in [0.15, 0.2) is 18.2 Å². The van der Waals surface area contributed by atoms with Crippen LogP contribution in [0.1, 0.15) is 21.6 Å². The average molecular weight is 280 g/mol. The molecule has 92 valence electrons. The van der Waals surface area contributed by atoms with Gasteiger partial charge in [-0.2, -0.15) is 11.8 Å². The monoisotopic (exact) mass is 279 g/mol. The molecule has 0 fully saturated rings. The summed E-state index contributed by atoms with van der Waals surface area (Å²) in [6.45, 7) is 0. The molecule has 3 nitrogen and oxygen atoms in total. The highest BCUT2D eigenvalue weighted by molar-refractivity contribution is 7.98. The fourth-order valence-electron chi connectivity index (χ4n) is 2.28. The molecule has 0 aliphatic carbocycles. The first-order chi connectivity index (χ1) is 8.66. The van der Waals surface area contributed by atoms with Gasteiger partial charge in [0.1, 0.15) is 0 Å².